The van der Waals surface area contributed by atoms with Gasteiger partial charge in [0.1, 0.15) is 5.52 Å². The number of nitrogens with zero attached hydrogens (tertiary/aromatic N) is 1. The van der Waals surface area contributed by atoms with Gasteiger partial charge in [0.15, 0.2) is 11.5 Å². The molecule has 4 rings (SSSR count). The second-order valence-electron chi connectivity index (χ2n) is 6.11. The molecule has 0 aliphatic heterocycles. The Bertz CT molecular complexity index is 899. The first-order valence-corrected chi connectivity index (χ1v) is 9.06. The largest absolute Gasteiger partial charge is 0.440 e. The zero-order valence-corrected chi connectivity index (χ0v) is 14.2. The molecule has 1 heterocycles. The molecule has 122 valence electrons. The van der Waals surface area contributed by atoms with E-state index in [0.717, 1.165) is 40.4 Å². The van der Waals surface area contributed by atoms with E-state index < -0.39 is 0 Å². The lowest BCUT2D eigenvalue weighted by Crippen LogP contribution is -2.13. The number of fused-ring (bicyclic) bond motifs is 1. The first-order chi connectivity index (χ1) is 11.7. The van der Waals surface area contributed by atoms with Crippen LogP contribution in [0.4, 0.5) is 5.69 Å². The summed E-state index contributed by atoms with van der Waals surface area (Å²) < 4.78 is 5.74. The third-order valence-electron chi connectivity index (χ3n) is 4.07. The van der Waals surface area contributed by atoms with Gasteiger partial charge in [-0.25, -0.2) is 4.98 Å². The summed E-state index contributed by atoms with van der Waals surface area (Å²) in [7, 11) is 0. The molecule has 0 bridgehead atoms. The van der Waals surface area contributed by atoms with Gasteiger partial charge in [-0.05, 0) is 49.6 Å². The zero-order chi connectivity index (χ0) is 16.5. The Morgan fingerprint density at radius 1 is 1.29 bits per heavy atom. The van der Waals surface area contributed by atoms with Gasteiger partial charge in [0, 0.05) is 16.5 Å². The van der Waals surface area contributed by atoms with E-state index >= 15 is 0 Å². The van der Waals surface area contributed by atoms with Crippen LogP contribution >= 0.6 is 11.8 Å². The number of amides is 1. The van der Waals surface area contributed by atoms with Crippen molar-refractivity contribution >= 4 is 34.5 Å². The molecule has 1 fully saturated rings. The van der Waals surface area contributed by atoms with Crippen molar-refractivity contribution in [3.63, 3.8) is 0 Å². The van der Waals surface area contributed by atoms with Gasteiger partial charge >= 0.3 is 0 Å². The molecule has 1 amide bonds. The molecule has 5 heteroatoms. The lowest BCUT2D eigenvalue weighted by molar-refractivity contribution is -0.113. The maximum atomic E-state index is 12.2. The van der Waals surface area contributed by atoms with E-state index in [-0.39, 0.29) is 5.91 Å². The molecule has 0 unspecified atom stereocenters. The normalized spacial score (nSPS) is 14.0. The maximum Gasteiger partial charge on any atom is 0.234 e. The van der Waals surface area contributed by atoms with Crippen LogP contribution in [0.3, 0.4) is 0 Å². The highest BCUT2D eigenvalue weighted by Gasteiger charge is 2.28. The Morgan fingerprint density at radius 3 is 2.92 bits per heavy atom. The van der Waals surface area contributed by atoms with Crippen molar-refractivity contribution < 1.29 is 9.21 Å². The van der Waals surface area contributed by atoms with Crippen LogP contribution < -0.4 is 5.32 Å². The van der Waals surface area contributed by atoms with Crippen LogP contribution in [0.2, 0.25) is 0 Å². The summed E-state index contributed by atoms with van der Waals surface area (Å²) in [6.45, 7) is 2.05. The second-order valence-corrected chi connectivity index (χ2v) is 7.13. The molecule has 4 nitrogen and oxygen atoms in total. The van der Waals surface area contributed by atoms with Crippen LogP contribution in [0, 0.1) is 6.92 Å². The number of hydrogen-bond donors (Lipinski definition) is 1. The van der Waals surface area contributed by atoms with Gasteiger partial charge in [0.2, 0.25) is 5.91 Å². The summed E-state index contributed by atoms with van der Waals surface area (Å²) in [5.41, 5.74) is 3.53. The van der Waals surface area contributed by atoms with Crippen LogP contribution in [-0.4, -0.2) is 16.6 Å². The van der Waals surface area contributed by atoms with Gasteiger partial charge in [0.05, 0.1) is 5.75 Å². The van der Waals surface area contributed by atoms with Crippen molar-refractivity contribution in [3.05, 3.63) is 53.9 Å². The highest BCUT2D eigenvalue weighted by atomic mass is 32.2. The van der Waals surface area contributed by atoms with Gasteiger partial charge in [-0.1, -0.05) is 18.2 Å². The summed E-state index contributed by atoms with van der Waals surface area (Å²) in [4.78, 5) is 17.8. The molecule has 1 aliphatic rings. The van der Waals surface area contributed by atoms with Crippen molar-refractivity contribution in [3.8, 4) is 0 Å². The molecule has 0 radical (unpaired) electrons. The van der Waals surface area contributed by atoms with Crippen molar-refractivity contribution in [2.75, 3.05) is 11.1 Å². The molecule has 0 atom stereocenters. The van der Waals surface area contributed by atoms with Crippen molar-refractivity contribution in [1.29, 1.82) is 0 Å². The minimum absolute atomic E-state index is 0.0199. The van der Waals surface area contributed by atoms with Gasteiger partial charge in [0.25, 0.3) is 0 Å². The quantitative estimate of drug-likeness (QED) is 0.682. The predicted octanol–water partition coefficient (Wildman–Crippen LogP) is 4.74. The Labute approximate surface area is 144 Å². The van der Waals surface area contributed by atoms with E-state index in [1.165, 1.54) is 5.56 Å². The monoisotopic (exact) mass is 338 g/mol. The number of aryl methyl sites for hydroxylation is 1. The number of benzene rings is 2. The molecule has 0 saturated heterocycles. The van der Waals surface area contributed by atoms with Gasteiger partial charge in [-0.3, -0.25) is 4.79 Å². The minimum atomic E-state index is -0.0199. The lowest BCUT2D eigenvalue weighted by atomic mass is 10.2. The Hall–Kier alpha value is -2.27. The van der Waals surface area contributed by atoms with Crippen molar-refractivity contribution in [1.82, 2.24) is 4.98 Å². The van der Waals surface area contributed by atoms with E-state index in [1.54, 1.807) is 11.8 Å². The number of aromatic nitrogens is 1. The summed E-state index contributed by atoms with van der Waals surface area (Å²) in [5, 5.41) is 2.94. The average Bonchev–Trinajstić information content (AvgIpc) is 3.34. The summed E-state index contributed by atoms with van der Waals surface area (Å²) in [5.74, 6) is 1.67. The first-order valence-electron chi connectivity index (χ1n) is 8.08. The minimum Gasteiger partial charge on any atom is -0.440 e. The molecule has 1 aromatic heterocycles. The predicted molar refractivity (Wildman–Crippen MR) is 96.5 cm³/mol. The third-order valence-corrected chi connectivity index (χ3v) is 5.24. The number of hydrogen-bond acceptors (Lipinski definition) is 4. The molecular weight excluding hydrogens is 320 g/mol. The highest BCUT2D eigenvalue weighted by molar-refractivity contribution is 8.00. The smallest absolute Gasteiger partial charge is 0.234 e. The molecule has 3 aromatic rings. The molecule has 1 aliphatic carbocycles. The zero-order valence-electron chi connectivity index (χ0n) is 13.4. The summed E-state index contributed by atoms with van der Waals surface area (Å²) in [6.07, 6.45) is 2.32. The van der Waals surface area contributed by atoms with E-state index in [9.17, 15) is 4.79 Å². The van der Waals surface area contributed by atoms with Crippen LogP contribution in [0.5, 0.6) is 0 Å². The van der Waals surface area contributed by atoms with Crippen molar-refractivity contribution in [2.45, 2.75) is 30.6 Å². The van der Waals surface area contributed by atoms with E-state index in [1.807, 2.05) is 36.4 Å². The lowest BCUT2D eigenvalue weighted by Gasteiger charge is -2.06. The maximum absolute atomic E-state index is 12.2. The summed E-state index contributed by atoms with van der Waals surface area (Å²) >= 11 is 1.55. The van der Waals surface area contributed by atoms with Gasteiger partial charge in [-0.15, -0.1) is 11.8 Å². The topological polar surface area (TPSA) is 55.1 Å². The molecule has 1 saturated carbocycles. The number of thioether (sulfide) groups is 1. The fourth-order valence-corrected chi connectivity index (χ4v) is 3.42. The molecule has 1 N–H and O–H groups in total. The Morgan fingerprint density at radius 2 is 2.12 bits per heavy atom. The second kappa shape index (κ2) is 6.32. The average molecular weight is 338 g/mol. The van der Waals surface area contributed by atoms with Crippen molar-refractivity contribution in [2.24, 2.45) is 0 Å². The molecule has 24 heavy (non-hydrogen) atoms. The van der Waals surface area contributed by atoms with E-state index in [2.05, 4.69) is 23.3 Å². The van der Waals surface area contributed by atoms with Gasteiger partial charge in [-0.2, -0.15) is 0 Å². The number of carbonyl (C=O) groups is 1. The van der Waals surface area contributed by atoms with Crippen LogP contribution in [0.15, 0.2) is 51.8 Å². The molecule has 0 spiro atoms. The number of anilines is 1. The standard InChI is InChI=1S/C19H18N2O2S/c1-12-4-2-3-5-17(12)24-11-18(22)20-14-8-9-16-15(10-14)21-19(23-16)13-6-7-13/h2-5,8-10,13H,6-7,11H2,1H3,(H,20,22). The number of rotatable bonds is 5. The third kappa shape index (κ3) is 3.31. The first kappa shape index (κ1) is 15.3. The molecular formula is C19H18N2O2S. The highest BCUT2D eigenvalue weighted by Crippen LogP contribution is 2.40. The fourth-order valence-electron chi connectivity index (χ4n) is 2.59. The SMILES string of the molecule is Cc1ccccc1SCC(=O)Nc1ccc2oc(C3CC3)nc2c1. The number of carbonyl (C=O) groups excluding carboxylic acids is 1. The Kier molecular flexibility index (Phi) is 4.02. The van der Waals surface area contributed by atoms with Gasteiger partial charge < -0.3 is 9.73 Å². The number of nitrogens with one attached hydrogen (secondary N) is 1. The number of oxazole rings is 1. The van der Waals surface area contributed by atoms with E-state index in [4.69, 9.17) is 4.42 Å². The van der Waals surface area contributed by atoms with Crippen LogP contribution in [0.1, 0.15) is 30.2 Å². The molecule has 2 aromatic carbocycles. The van der Waals surface area contributed by atoms with Crippen LogP contribution in [-0.2, 0) is 4.79 Å². The van der Waals surface area contributed by atoms with E-state index in [0.29, 0.717) is 11.7 Å². The summed E-state index contributed by atoms with van der Waals surface area (Å²) in [6, 6.07) is 13.7. The fraction of sp³-hybridized carbons (Fsp3) is 0.263. The Balaban J connectivity index is 1.41. The van der Waals surface area contributed by atoms with Crippen LogP contribution in [0.25, 0.3) is 11.1 Å².